The van der Waals surface area contributed by atoms with Gasteiger partial charge in [-0.2, -0.15) is 5.10 Å². The van der Waals surface area contributed by atoms with Crippen LogP contribution in [0, 0.1) is 11.6 Å². The van der Waals surface area contributed by atoms with E-state index in [0.29, 0.717) is 40.3 Å². The minimum atomic E-state index is -0.992. The van der Waals surface area contributed by atoms with E-state index in [9.17, 15) is 14.3 Å². The monoisotopic (exact) mass is 469 g/mol. The molecule has 1 saturated heterocycles. The summed E-state index contributed by atoms with van der Waals surface area (Å²) in [5.41, 5.74) is 3.22. The van der Waals surface area contributed by atoms with Crippen LogP contribution in [0.5, 0.6) is 5.75 Å². The third-order valence-electron chi connectivity index (χ3n) is 6.58. The summed E-state index contributed by atoms with van der Waals surface area (Å²) < 4.78 is 43.0. The Bertz CT molecular complexity index is 1400. The molecule has 1 aliphatic rings. The van der Waals surface area contributed by atoms with Crippen LogP contribution in [0.4, 0.5) is 8.78 Å². The van der Waals surface area contributed by atoms with Crippen LogP contribution in [-0.4, -0.2) is 45.7 Å². The standard InChI is InChI=1S/C25H25F2N3O4/c1-12(2)24-20(13-4-7-18(25(31)32)34-11-13)21-17(8-14-10-28-29-23(14)22(21)27)30(24)15-5-6-16(26)19(9-15)33-3/h5-6,8-10,12-13,18H,4,7,11H2,1-3H3,(H,28,29)(H,31,32)/t13-,18+/m0/s1. The van der Waals surface area contributed by atoms with Gasteiger partial charge in [0.1, 0.15) is 5.52 Å². The number of aliphatic carboxylic acids is 1. The zero-order valence-electron chi connectivity index (χ0n) is 19.1. The minimum Gasteiger partial charge on any atom is -0.494 e. The van der Waals surface area contributed by atoms with E-state index in [1.54, 1.807) is 18.3 Å². The molecule has 0 bridgehead atoms. The van der Waals surface area contributed by atoms with Crippen LogP contribution < -0.4 is 4.74 Å². The number of hydrogen-bond donors (Lipinski definition) is 2. The molecule has 4 aromatic rings. The van der Waals surface area contributed by atoms with Crippen LogP contribution in [0.3, 0.4) is 0 Å². The maximum atomic E-state index is 16.0. The highest BCUT2D eigenvalue weighted by atomic mass is 19.1. The Morgan fingerprint density at radius 1 is 1.29 bits per heavy atom. The Kier molecular flexibility index (Phi) is 5.51. The maximum absolute atomic E-state index is 16.0. The quantitative estimate of drug-likeness (QED) is 0.416. The number of aromatic amines is 1. The van der Waals surface area contributed by atoms with Gasteiger partial charge in [-0.15, -0.1) is 0 Å². The number of ether oxygens (including phenoxy) is 2. The lowest BCUT2D eigenvalue weighted by atomic mass is 9.86. The molecule has 1 fully saturated rings. The van der Waals surface area contributed by atoms with Gasteiger partial charge < -0.3 is 19.1 Å². The van der Waals surface area contributed by atoms with Crippen LogP contribution in [-0.2, 0) is 9.53 Å². The van der Waals surface area contributed by atoms with Crippen molar-refractivity contribution in [3.63, 3.8) is 0 Å². The van der Waals surface area contributed by atoms with Crippen molar-refractivity contribution in [2.75, 3.05) is 13.7 Å². The van der Waals surface area contributed by atoms with E-state index in [0.717, 1.165) is 11.3 Å². The first-order valence-electron chi connectivity index (χ1n) is 11.2. The van der Waals surface area contributed by atoms with E-state index in [2.05, 4.69) is 10.2 Å². The molecule has 2 atom stereocenters. The molecule has 2 aromatic carbocycles. The average Bonchev–Trinajstić information content (AvgIpc) is 3.43. The number of carboxylic acid groups (broad SMARTS) is 1. The van der Waals surface area contributed by atoms with Crippen LogP contribution in [0.2, 0.25) is 0 Å². The number of fused-ring (bicyclic) bond motifs is 2. The zero-order valence-corrected chi connectivity index (χ0v) is 19.1. The number of aromatic nitrogens is 3. The average molecular weight is 469 g/mol. The molecule has 1 aliphatic heterocycles. The lowest BCUT2D eigenvalue weighted by Gasteiger charge is -2.28. The van der Waals surface area contributed by atoms with Gasteiger partial charge in [-0.1, -0.05) is 13.8 Å². The number of benzene rings is 2. The van der Waals surface area contributed by atoms with Crippen molar-refractivity contribution in [3.05, 3.63) is 53.4 Å². The second-order valence-electron chi connectivity index (χ2n) is 8.96. The minimum absolute atomic E-state index is 0.0217. The first-order valence-corrected chi connectivity index (χ1v) is 11.2. The molecule has 0 radical (unpaired) electrons. The largest absolute Gasteiger partial charge is 0.494 e. The SMILES string of the molecule is COc1cc(-n2c(C(C)C)c([C@H]3CC[C@H](C(=O)O)OC3)c3c(F)c4[nH]ncc4cc32)ccc1F. The van der Waals surface area contributed by atoms with E-state index < -0.39 is 23.7 Å². The lowest BCUT2D eigenvalue weighted by molar-refractivity contribution is -0.153. The fraction of sp³-hybridized carbons (Fsp3) is 0.360. The van der Waals surface area contributed by atoms with Gasteiger partial charge >= 0.3 is 5.97 Å². The molecule has 9 heteroatoms. The van der Waals surface area contributed by atoms with Crippen LogP contribution in [0.1, 0.15) is 49.8 Å². The van der Waals surface area contributed by atoms with Crippen LogP contribution >= 0.6 is 0 Å². The predicted molar refractivity (Wildman–Crippen MR) is 123 cm³/mol. The summed E-state index contributed by atoms with van der Waals surface area (Å²) >= 11 is 0. The summed E-state index contributed by atoms with van der Waals surface area (Å²) in [6.07, 6.45) is 1.58. The van der Waals surface area contributed by atoms with Crippen molar-refractivity contribution in [3.8, 4) is 11.4 Å². The smallest absolute Gasteiger partial charge is 0.332 e. The van der Waals surface area contributed by atoms with Crippen molar-refractivity contribution in [1.82, 2.24) is 14.8 Å². The number of rotatable bonds is 5. The molecule has 0 spiro atoms. The summed E-state index contributed by atoms with van der Waals surface area (Å²) in [7, 11) is 1.40. The molecule has 2 aromatic heterocycles. The van der Waals surface area contributed by atoms with Gasteiger partial charge in [-0.3, -0.25) is 5.10 Å². The third-order valence-corrected chi connectivity index (χ3v) is 6.58. The number of carbonyl (C=O) groups is 1. The van der Waals surface area contributed by atoms with E-state index in [4.69, 9.17) is 9.47 Å². The van der Waals surface area contributed by atoms with E-state index in [-0.39, 0.29) is 24.2 Å². The Morgan fingerprint density at radius 3 is 2.74 bits per heavy atom. The van der Waals surface area contributed by atoms with E-state index in [1.165, 1.54) is 13.2 Å². The molecule has 7 nitrogen and oxygen atoms in total. The van der Waals surface area contributed by atoms with Crippen LogP contribution in [0.25, 0.3) is 27.5 Å². The molecule has 0 aliphatic carbocycles. The molecular formula is C25H25F2N3O4. The van der Waals surface area contributed by atoms with Crippen LogP contribution in [0.15, 0.2) is 30.5 Å². The zero-order chi connectivity index (χ0) is 24.1. The molecule has 0 unspecified atom stereocenters. The first-order chi connectivity index (χ1) is 16.3. The van der Waals surface area contributed by atoms with Gasteiger partial charge in [0.05, 0.1) is 25.4 Å². The Morgan fingerprint density at radius 2 is 2.09 bits per heavy atom. The molecule has 2 N–H and O–H groups in total. The number of hydrogen-bond acceptors (Lipinski definition) is 4. The summed E-state index contributed by atoms with van der Waals surface area (Å²) in [4.78, 5) is 11.4. The third kappa shape index (κ3) is 3.42. The molecule has 178 valence electrons. The van der Waals surface area contributed by atoms with Crippen molar-refractivity contribution in [2.24, 2.45) is 0 Å². The first kappa shape index (κ1) is 22.3. The van der Waals surface area contributed by atoms with Gasteiger partial charge in [0, 0.05) is 34.1 Å². The topological polar surface area (TPSA) is 89.4 Å². The second-order valence-corrected chi connectivity index (χ2v) is 8.96. The lowest BCUT2D eigenvalue weighted by Crippen LogP contribution is -2.31. The van der Waals surface area contributed by atoms with Gasteiger partial charge in [0.25, 0.3) is 0 Å². The fourth-order valence-corrected chi connectivity index (χ4v) is 5.07. The van der Waals surface area contributed by atoms with E-state index in [1.807, 2.05) is 24.5 Å². The van der Waals surface area contributed by atoms with Crippen molar-refractivity contribution < 1.29 is 28.2 Å². The predicted octanol–water partition coefficient (Wildman–Crippen LogP) is 5.26. The van der Waals surface area contributed by atoms with Crippen molar-refractivity contribution in [2.45, 2.75) is 44.6 Å². The number of carboxylic acids is 1. The molecule has 3 heterocycles. The highest BCUT2D eigenvalue weighted by Gasteiger charge is 2.34. The fourth-order valence-electron chi connectivity index (χ4n) is 5.07. The summed E-state index contributed by atoms with van der Waals surface area (Å²) in [5, 5.41) is 17.1. The molecule has 34 heavy (non-hydrogen) atoms. The van der Waals surface area contributed by atoms with E-state index >= 15 is 4.39 Å². The van der Waals surface area contributed by atoms with Gasteiger partial charge in [-0.25, -0.2) is 13.6 Å². The summed E-state index contributed by atoms with van der Waals surface area (Å²) in [6, 6.07) is 6.44. The van der Waals surface area contributed by atoms with Crippen molar-refractivity contribution >= 4 is 27.8 Å². The van der Waals surface area contributed by atoms with Gasteiger partial charge in [-0.05, 0) is 42.5 Å². The summed E-state index contributed by atoms with van der Waals surface area (Å²) in [5.74, 6) is -2.03. The molecular weight excluding hydrogens is 444 g/mol. The Hall–Kier alpha value is -3.46. The normalized spacial score (nSPS) is 18.8. The second kappa shape index (κ2) is 8.39. The molecule has 5 rings (SSSR count). The number of halogens is 2. The number of nitrogens with zero attached hydrogens (tertiary/aromatic N) is 2. The highest BCUT2D eigenvalue weighted by molar-refractivity contribution is 6.00. The maximum Gasteiger partial charge on any atom is 0.332 e. The molecule has 0 saturated carbocycles. The Balaban J connectivity index is 1.82. The highest BCUT2D eigenvalue weighted by Crippen LogP contribution is 2.44. The summed E-state index contributed by atoms with van der Waals surface area (Å²) in [6.45, 7) is 4.21. The van der Waals surface area contributed by atoms with Crippen molar-refractivity contribution in [1.29, 1.82) is 0 Å². The molecule has 0 amide bonds. The number of nitrogens with one attached hydrogen (secondary N) is 1. The number of H-pyrrole nitrogens is 1. The van der Waals surface area contributed by atoms with Gasteiger partial charge in [0.2, 0.25) is 0 Å². The Labute approximate surface area is 194 Å². The van der Waals surface area contributed by atoms with Gasteiger partial charge in [0.15, 0.2) is 23.5 Å². The number of methoxy groups -OCH3 is 1.